The van der Waals surface area contributed by atoms with E-state index in [2.05, 4.69) is 11.1 Å². The van der Waals surface area contributed by atoms with Gasteiger partial charge >= 0.3 is 0 Å². The van der Waals surface area contributed by atoms with E-state index in [1.807, 2.05) is 24.4 Å². The van der Waals surface area contributed by atoms with Gasteiger partial charge in [0.2, 0.25) is 0 Å². The van der Waals surface area contributed by atoms with Gasteiger partial charge in [-0.15, -0.1) is 11.6 Å². The molecular weight excluding hydrogens is 158 g/mol. The van der Waals surface area contributed by atoms with Crippen LogP contribution >= 0.6 is 11.6 Å². The summed E-state index contributed by atoms with van der Waals surface area (Å²) in [6, 6.07) is 9.14. The average molecular weight is 165 g/mol. The fraction of sp³-hybridized carbons (Fsp3) is 0.111. The number of halogens is 1. The molecule has 1 heterocycles. The standard InChI is InChI=1S/C9H7ClN/c10-6-7-1-2-8-3-4-11-9(8)5-7/h1-2,4-5,11H,6H2. The predicted octanol–water partition coefficient (Wildman–Crippen LogP) is 2.71. The number of H-pyrrole nitrogens is 1. The van der Waals surface area contributed by atoms with E-state index < -0.39 is 0 Å². The van der Waals surface area contributed by atoms with Crippen LogP contribution in [0.3, 0.4) is 0 Å². The number of aromatic amines is 1. The number of hydrogen-bond donors (Lipinski definition) is 1. The minimum absolute atomic E-state index is 0.564. The van der Waals surface area contributed by atoms with Gasteiger partial charge in [0, 0.05) is 29.0 Å². The van der Waals surface area contributed by atoms with Gasteiger partial charge in [-0.2, -0.15) is 0 Å². The van der Waals surface area contributed by atoms with Crippen molar-refractivity contribution in [1.29, 1.82) is 0 Å². The third-order valence-electron chi connectivity index (χ3n) is 1.69. The maximum Gasteiger partial charge on any atom is 0.0474 e. The minimum atomic E-state index is 0.564. The zero-order valence-corrected chi connectivity index (χ0v) is 6.65. The average Bonchev–Trinajstić information content (AvgIpc) is 2.50. The summed E-state index contributed by atoms with van der Waals surface area (Å²) in [5.41, 5.74) is 2.23. The van der Waals surface area contributed by atoms with Crippen molar-refractivity contribution in [3.05, 3.63) is 36.0 Å². The van der Waals surface area contributed by atoms with E-state index in [0.29, 0.717) is 5.88 Å². The highest BCUT2D eigenvalue weighted by molar-refractivity contribution is 6.17. The lowest BCUT2D eigenvalue weighted by Crippen LogP contribution is -1.75. The molecule has 0 bridgehead atoms. The van der Waals surface area contributed by atoms with Crippen LogP contribution in [0.2, 0.25) is 0 Å². The summed E-state index contributed by atoms with van der Waals surface area (Å²) >= 11 is 5.67. The van der Waals surface area contributed by atoms with E-state index in [-0.39, 0.29) is 0 Å². The molecule has 1 nitrogen and oxygen atoms in total. The van der Waals surface area contributed by atoms with Crippen molar-refractivity contribution in [3.63, 3.8) is 0 Å². The van der Waals surface area contributed by atoms with Crippen molar-refractivity contribution in [1.82, 2.24) is 4.98 Å². The van der Waals surface area contributed by atoms with Gasteiger partial charge in [0.25, 0.3) is 0 Å². The Morgan fingerprint density at radius 2 is 2.36 bits per heavy atom. The van der Waals surface area contributed by atoms with Gasteiger partial charge in [0.05, 0.1) is 0 Å². The number of aromatic nitrogens is 1. The van der Waals surface area contributed by atoms with E-state index in [9.17, 15) is 0 Å². The second kappa shape index (κ2) is 2.59. The first kappa shape index (κ1) is 6.74. The molecule has 1 aromatic heterocycles. The Morgan fingerprint density at radius 3 is 3.18 bits per heavy atom. The molecule has 0 unspecified atom stereocenters. The highest BCUT2D eigenvalue weighted by atomic mass is 35.5. The van der Waals surface area contributed by atoms with Crippen LogP contribution in [0.5, 0.6) is 0 Å². The lowest BCUT2D eigenvalue weighted by atomic mass is 10.2. The summed E-state index contributed by atoms with van der Waals surface area (Å²) in [4.78, 5) is 3.08. The molecule has 1 aromatic carbocycles. The van der Waals surface area contributed by atoms with Crippen molar-refractivity contribution in [2.75, 3.05) is 0 Å². The lowest BCUT2D eigenvalue weighted by Gasteiger charge is -1.93. The van der Waals surface area contributed by atoms with E-state index in [1.165, 1.54) is 0 Å². The lowest BCUT2D eigenvalue weighted by molar-refractivity contribution is 1.40. The highest BCUT2D eigenvalue weighted by Gasteiger charge is 1.94. The summed E-state index contributed by atoms with van der Waals surface area (Å²) in [5, 5.41) is 1.11. The second-order valence-corrected chi connectivity index (χ2v) is 2.71. The van der Waals surface area contributed by atoms with Crippen molar-refractivity contribution in [3.8, 4) is 0 Å². The molecule has 1 radical (unpaired) electrons. The quantitative estimate of drug-likeness (QED) is 0.624. The molecule has 0 atom stereocenters. The second-order valence-electron chi connectivity index (χ2n) is 2.45. The van der Waals surface area contributed by atoms with Crippen LogP contribution in [0, 0.1) is 6.07 Å². The molecule has 0 aliphatic heterocycles. The molecule has 1 N–H and O–H groups in total. The van der Waals surface area contributed by atoms with Crippen LogP contribution in [-0.2, 0) is 5.88 Å². The predicted molar refractivity (Wildman–Crippen MR) is 46.7 cm³/mol. The molecule has 0 aliphatic carbocycles. The largest absolute Gasteiger partial charge is 0.361 e. The fourth-order valence-corrected chi connectivity index (χ4v) is 1.28. The molecule has 11 heavy (non-hydrogen) atoms. The zero-order chi connectivity index (χ0) is 7.68. The summed E-state index contributed by atoms with van der Waals surface area (Å²) in [6.45, 7) is 0. The van der Waals surface area contributed by atoms with E-state index in [0.717, 1.165) is 16.5 Å². The molecule has 0 aliphatic rings. The maximum absolute atomic E-state index is 5.67. The fourth-order valence-electron chi connectivity index (χ4n) is 1.11. The number of hydrogen-bond acceptors (Lipinski definition) is 0. The Morgan fingerprint density at radius 1 is 1.45 bits per heavy atom. The topological polar surface area (TPSA) is 15.8 Å². The van der Waals surface area contributed by atoms with Crippen LogP contribution in [0.1, 0.15) is 5.56 Å². The molecule has 2 heteroatoms. The van der Waals surface area contributed by atoms with Crippen LogP contribution < -0.4 is 0 Å². The SMILES string of the molecule is ClCc1ccc2[c]c[nH]c2c1. The minimum Gasteiger partial charge on any atom is -0.361 e. The molecule has 0 saturated heterocycles. The first-order valence-corrected chi connectivity index (χ1v) is 3.97. The van der Waals surface area contributed by atoms with Crippen molar-refractivity contribution in [2.24, 2.45) is 0 Å². The summed E-state index contributed by atoms with van der Waals surface area (Å²) < 4.78 is 0. The summed E-state index contributed by atoms with van der Waals surface area (Å²) in [6.07, 6.45) is 1.81. The molecule has 0 amide bonds. The third kappa shape index (κ3) is 1.12. The van der Waals surface area contributed by atoms with Crippen molar-refractivity contribution < 1.29 is 0 Å². The van der Waals surface area contributed by atoms with Gasteiger partial charge in [-0.05, 0) is 11.6 Å². The Balaban J connectivity index is 2.67. The number of nitrogens with one attached hydrogen (secondary N) is 1. The van der Waals surface area contributed by atoms with Crippen LogP contribution in [0.4, 0.5) is 0 Å². The summed E-state index contributed by atoms with van der Waals surface area (Å²) in [7, 11) is 0. The molecule has 55 valence electrons. The molecular formula is C9H7ClN. The van der Waals surface area contributed by atoms with Gasteiger partial charge in [-0.3, -0.25) is 0 Å². The van der Waals surface area contributed by atoms with Crippen LogP contribution in [0.25, 0.3) is 10.9 Å². The van der Waals surface area contributed by atoms with Crippen LogP contribution in [-0.4, -0.2) is 4.98 Å². The third-order valence-corrected chi connectivity index (χ3v) is 2.00. The monoisotopic (exact) mass is 164 g/mol. The van der Waals surface area contributed by atoms with E-state index in [1.54, 1.807) is 0 Å². The molecule has 0 saturated carbocycles. The number of benzene rings is 1. The Labute approximate surface area is 70.0 Å². The van der Waals surface area contributed by atoms with Crippen molar-refractivity contribution >= 4 is 22.5 Å². The first-order valence-electron chi connectivity index (χ1n) is 3.44. The number of rotatable bonds is 1. The van der Waals surface area contributed by atoms with Gasteiger partial charge in [0.1, 0.15) is 0 Å². The zero-order valence-electron chi connectivity index (χ0n) is 5.89. The smallest absolute Gasteiger partial charge is 0.0474 e. The molecule has 0 fully saturated rings. The van der Waals surface area contributed by atoms with Crippen LogP contribution in [0.15, 0.2) is 24.4 Å². The van der Waals surface area contributed by atoms with Gasteiger partial charge in [-0.1, -0.05) is 12.1 Å². The molecule has 0 spiro atoms. The first-order chi connectivity index (χ1) is 5.40. The van der Waals surface area contributed by atoms with Gasteiger partial charge in [-0.25, -0.2) is 0 Å². The normalized spacial score (nSPS) is 10.6. The maximum atomic E-state index is 5.67. The molecule has 2 aromatic rings. The van der Waals surface area contributed by atoms with Gasteiger partial charge < -0.3 is 4.98 Å². The Kier molecular flexibility index (Phi) is 1.59. The Bertz CT molecular complexity index is 364. The molecule has 2 rings (SSSR count). The van der Waals surface area contributed by atoms with Crippen molar-refractivity contribution in [2.45, 2.75) is 5.88 Å². The highest BCUT2D eigenvalue weighted by Crippen LogP contribution is 2.14. The summed E-state index contributed by atoms with van der Waals surface area (Å²) in [5.74, 6) is 0.564. The van der Waals surface area contributed by atoms with E-state index >= 15 is 0 Å². The number of alkyl halides is 1. The Hall–Kier alpha value is -0.950. The number of fused-ring (bicyclic) bond motifs is 1. The van der Waals surface area contributed by atoms with E-state index in [4.69, 9.17) is 11.6 Å². The van der Waals surface area contributed by atoms with Gasteiger partial charge in [0.15, 0.2) is 0 Å².